The summed E-state index contributed by atoms with van der Waals surface area (Å²) in [6.45, 7) is 6.69. The van der Waals surface area contributed by atoms with Crippen LogP contribution >= 0.6 is 11.3 Å². The van der Waals surface area contributed by atoms with Gasteiger partial charge in [-0.2, -0.15) is 0 Å². The van der Waals surface area contributed by atoms with E-state index in [0.29, 0.717) is 0 Å². The third-order valence-corrected chi connectivity index (χ3v) is 4.59. The molecule has 1 aliphatic heterocycles. The Morgan fingerprint density at radius 3 is 2.83 bits per heavy atom. The van der Waals surface area contributed by atoms with Gasteiger partial charge in [0.1, 0.15) is 5.01 Å². The van der Waals surface area contributed by atoms with Crippen LogP contribution in [0.15, 0.2) is 5.38 Å². The number of likely N-dealkylation sites (N-methyl/N-ethyl adjacent to an activating group) is 1. The molecule has 1 aliphatic carbocycles. The fraction of sp³-hybridized carbons (Fsp3) is 0.769. The Hall–Kier alpha value is -0.490. The minimum absolute atomic E-state index is 0.771. The van der Waals surface area contributed by atoms with Crippen molar-refractivity contribution < 1.29 is 0 Å². The lowest BCUT2D eigenvalue weighted by molar-refractivity contribution is 0.148. The van der Waals surface area contributed by atoms with E-state index < -0.39 is 0 Å². The quantitative estimate of drug-likeness (QED) is 0.866. The first-order chi connectivity index (χ1) is 8.79. The molecule has 18 heavy (non-hydrogen) atoms. The number of nitrogens with zero attached hydrogens (tertiary/aromatic N) is 3. The van der Waals surface area contributed by atoms with Crippen LogP contribution in [-0.2, 0) is 13.1 Å². The van der Waals surface area contributed by atoms with Gasteiger partial charge in [-0.25, -0.2) is 4.98 Å². The normalized spacial score (nSPS) is 22.5. The summed E-state index contributed by atoms with van der Waals surface area (Å²) in [7, 11) is 2.20. The highest BCUT2D eigenvalue weighted by molar-refractivity contribution is 7.09. The number of hydrogen-bond acceptors (Lipinski definition) is 5. The first-order valence-corrected chi connectivity index (χ1v) is 7.75. The van der Waals surface area contributed by atoms with E-state index in [1.54, 1.807) is 0 Å². The molecule has 1 N–H and O–H groups in total. The van der Waals surface area contributed by atoms with Gasteiger partial charge in [0.15, 0.2) is 0 Å². The van der Waals surface area contributed by atoms with Crippen molar-refractivity contribution in [3.05, 3.63) is 16.1 Å². The lowest BCUT2D eigenvalue weighted by atomic mass is 10.3. The zero-order valence-corrected chi connectivity index (χ0v) is 11.9. The van der Waals surface area contributed by atoms with Gasteiger partial charge in [-0.1, -0.05) is 0 Å². The highest BCUT2D eigenvalue weighted by Crippen LogP contribution is 2.20. The predicted molar refractivity (Wildman–Crippen MR) is 74.7 cm³/mol. The van der Waals surface area contributed by atoms with Gasteiger partial charge in [-0.15, -0.1) is 11.3 Å². The van der Waals surface area contributed by atoms with Crippen molar-refractivity contribution in [2.24, 2.45) is 0 Å². The highest BCUT2D eigenvalue weighted by Gasteiger charge is 2.20. The van der Waals surface area contributed by atoms with E-state index in [0.717, 1.165) is 19.1 Å². The van der Waals surface area contributed by atoms with Crippen molar-refractivity contribution in [1.29, 1.82) is 0 Å². The maximum atomic E-state index is 4.72. The standard InChI is InChI=1S/C13H22N4S/c1-16-4-6-17(7-5-16)9-13-15-12(10-18-13)8-14-11-2-3-11/h10-11,14H,2-9H2,1H3. The third-order valence-electron chi connectivity index (χ3n) is 3.70. The molecule has 2 aliphatic rings. The van der Waals surface area contributed by atoms with Gasteiger partial charge in [0.05, 0.1) is 12.2 Å². The predicted octanol–water partition coefficient (Wildman–Crippen LogP) is 1.14. The molecule has 2 fully saturated rings. The van der Waals surface area contributed by atoms with Crippen LogP contribution in [0.5, 0.6) is 0 Å². The molecular weight excluding hydrogens is 244 g/mol. The van der Waals surface area contributed by atoms with Gasteiger partial charge in [0, 0.05) is 44.1 Å². The summed E-state index contributed by atoms with van der Waals surface area (Å²) in [5.74, 6) is 0. The maximum absolute atomic E-state index is 4.72. The second kappa shape index (κ2) is 5.65. The van der Waals surface area contributed by atoms with Crippen LogP contribution in [0.1, 0.15) is 23.5 Å². The Labute approximate surface area is 113 Å². The van der Waals surface area contributed by atoms with Crippen molar-refractivity contribution in [2.75, 3.05) is 33.2 Å². The molecule has 5 heteroatoms. The van der Waals surface area contributed by atoms with Gasteiger partial charge in [0.2, 0.25) is 0 Å². The van der Waals surface area contributed by atoms with Gasteiger partial charge in [-0.3, -0.25) is 4.90 Å². The topological polar surface area (TPSA) is 31.4 Å². The number of hydrogen-bond donors (Lipinski definition) is 1. The molecule has 0 amide bonds. The molecule has 0 bridgehead atoms. The molecule has 0 atom stereocenters. The highest BCUT2D eigenvalue weighted by atomic mass is 32.1. The summed E-state index contributed by atoms with van der Waals surface area (Å²) in [4.78, 5) is 9.63. The molecule has 100 valence electrons. The van der Waals surface area contributed by atoms with E-state index in [1.807, 2.05) is 11.3 Å². The summed E-state index contributed by atoms with van der Waals surface area (Å²) in [5.41, 5.74) is 1.22. The van der Waals surface area contributed by atoms with Gasteiger partial charge in [0.25, 0.3) is 0 Å². The fourth-order valence-corrected chi connectivity index (χ4v) is 3.07. The smallest absolute Gasteiger partial charge is 0.107 e. The van der Waals surface area contributed by atoms with Crippen molar-refractivity contribution in [2.45, 2.75) is 32.0 Å². The van der Waals surface area contributed by atoms with E-state index >= 15 is 0 Å². The Bertz CT molecular complexity index is 380. The molecule has 1 aromatic heterocycles. The maximum Gasteiger partial charge on any atom is 0.107 e. The largest absolute Gasteiger partial charge is 0.308 e. The van der Waals surface area contributed by atoms with Crippen LogP contribution in [0.2, 0.25) is 0 Å². The lowest BCUT2D eigenvalue weighted by Gasteiger charge is -2.31. The van der Waals surface area contributed by atoms with E-state index in [-0.39, 0.29) is 0 Å². The Morgan fingerprint density at radius 1 is 1.33 bits per heavy atom. The number of rotatable bonds is 5. The molecule has 0 radical (unpaired) electrons. The molecule has 0 unspecified atom stereocenters. The molecule has 1 aromatic rings. The monoisotopic (exact) mass is 266 g/mol. The molecular formula is C13H22N4S. The summed E-state index contributed by atoms with van der Waals surface area (Å²) >= 11 is 1.81. The van der Waals surface area contributed by atoms with E-state index in [4.69, 9.17) is 4.98 Å². The molecule has 2 heterocycles. The number of piperazine rings is 1. The molecule has 1 saturated heterocycles. The van der Waals surface area contributed by atoms with Crippen molar-refractivity contribution >= 4 is 11.3 Å². The average molecular weight is 266 g/mol. The Balaban J connectivity index is 1.46. The van der Waals surface area contributed by atoms with Crippen LogP contribution in [0.3, 0.4) is 0 Å². The van der Waals surface area contributed by atoms with Crippen LogP contribution in [0.4, 0.5) is 0 Å². The fourth-order valence-electron chi connectivity index (χ4n) is 2.24. The average Bonchev–Trinajstić information content (AvgIpc) is 3.10. The molecule has 1 saturated carbocycles. The summed E-state index contributed by atoms with van der Waals surface area (Å²) in [6, 6.07) is 0.771. The zero-order valence-electron chi connectivity index (χ0n) is 11.1. The number of thiazole rings is 1. The van der Waals surface area contributed by atoms with Crippen LogP contribution in [-0.4, -0.2) is 54.1 Å². The minimum atomic E-state index is 0.771. The van der Waals surface area contributed by atoms with E-state index in [1.165, 1.54) is 49.7 Å². The van der Waals surface area contributed by atoms with E-state index in [2.05, 4.69) is 27.5 Å². The van der Waals surface area contributed by atoms with Gasteiger partial charge >= 0.3 is 0 Å². The lowest BCUT2D eigenvalue weighted by Crippen LogP contribution is -2.43. The van der Waals surface area contributed by atoms with Gasteiger partial charge < -0.3 is 10.2 Å². The minimum Gasteiger partial charge on any atom is -0.308 e. The van der Waals surface area contributed by atoms with Crippen molar-refractivity contribution in [3.8, 4) is 0 Å². The van der Waals surface area contributed by atoms with Crippen LogP contribution in [0, 0.1) is 0 Å². The second-order valence-electron chi connectivity index (χ2n) is 5.47. The molecule has 0 aromatic carbocycles. The first kappa shape index (κ1) is 12.5. The number of aromatic nitrogens is 1. The van der Waals surface area contributed by atoms with E-state index in [9.17, 15) is 0 Å². The van der Waals surface area contributed by atoms with Crippen LogP contribution < -0.4 is 5.32 Å². The third kappa shape index (κ3) is 3.51. The molecule has 4 nitrogen and oxygen atoms in total. The van der Waals surface area contributed by atoms with Crippen LogP contribution in [0.25, 0.3) is 0 Å². The number of nitrogens with one attached hydrogen (secondary N) is 1. The van der Waals surface area contributed by atoms with Crippen molar-refractivity contribution in [3.63, 3.8) is 0 Å². The zero-order chi connectivity index (χ0) is 12.4. The second-order valence-corrected chi connectivity index (χ2v) is 6.41. The van der Waals surface area contributed by atoms with Crippen molar-refractivity contribution in [1.82, 2.24) is 20.1 Å². The molecule has 0 spiro atoms. The summed E-state index contributed by atoms with van der Waals surface area (Å²) < 4.78 is 0. The molecule has 3 rings (SSSR count). The Kier molecular flexibility index (Phi) is 3.94. The first-order valence-electron chi connectivity index (χ1n) is 6.87. The summed E-state index contributed by atoms with van der Waals surface area (Å²) in [5, 5.41) is 7.00. The Morgan fingerprint density at radius 2 is 2.11 bits per heavy atom. The van der Waals surface area contributed by atoms with Gasteiger partial charge in [-0.05, 0) is 19.9 Å². The summed E-state index contributed by atoms with van der Waals surface area (Å²) in [6.07, 6.45) is 2.69. The SMILES string of the molecule is CN1CCN(Cc2nc(CNC3CC3)cs2)CC1.